The van der Waals surface area contributed by atoms with Crippen molar-refractivity contribution in [2.45, 2.75) is 12.6 Å². The lowest BCUT2D eigenvalue weighted by molar-refractivity contribution is -0.108. The number of imide groups is 1. The number of thiophene rings is 1. The maximum absolute atomic E-state index is 13.1. The highest BCUT2D eigenvalue weighted by Gasteiger charge is 2.30. The lowest BCUT2D eigenvalue weighted by atomic mass is 10.0. The fourth-order valence-electron chi connectivity index (χ4n) is 4.34. The average Bonchev–Trinajstić information content (AvgIpc) is 3.54. The van der Waals surface area contributed by atoms with Gasteiger partial charge in [-0.15, -0.1) is 11.3 Å². The van der Waals surface area contributed by atoms with Crippen LogP contribution in [0.2, 0.25) is 0 Å². The van der Waals surface area contributed by atoms with Crippen LogP contribution in [0.5, 0.6) is 5.75 Å². The summed E-state index contributed by atoms with van der Waals surface area (Å²) >= 11 is 1.65. The Morgan fingerprint density at radius 1 is 1.11 bits per heavy atom. The lowest BCUT2D eigenvalue weighted by Crippen LogP contribution is -2.42. The first-order valence-corrected chi connectivity index (χ1v) is 12.5. The van der Waals surface area contributed by atoms with E-state index >= 15 is 0 Å². The molecule has 5 rings (SSSR count). The molecular formula is C28H24N4O4S. The molecule has 4 aromatic rings. The molecule has 0 bridgehead atoms. The van der Waals surface area contributed by atoms with Crippen LogP contribution in [0.15, 0.2) is 79.0 Å². The summed E-state index contributed by atoms with van der Waals surface area (Å²) in [5.74, 6) is 0.484. The van der Waals surface area contributed by atoms with Crippen LogP contribution in [0.4, 0.5) is 4.79 Å². The van der Waals surface area contributed by atoms with E-state index in [1.807, 2.05) is 54.6 Å². The van der Waals surface area contributed by atoms with Crippen LogP contribution >= 0.6 is 11.3 Å². The Balaban J connectivity index is 1.36. The van der Waals surface area contributed by atoms with Crippen LogP contribution in [0.25, 0.3) is 21.0 Å². The van der Waals surface area contributed by atoms with Gasteiger partial charge in [-0.2, -0.15) is 0 Å². The number of amides is 4. The normalized spacial score (nSPS) is 13.1. The molecule has 0 saturated carbocycles. The smallest absolute Gasteiger partial charge is 0.321 e. The molecular weight excluding hydrogens is 488 g/mol. The first-order valence-electron chi connectivity index (χ1n) is 11.6. The van der Waals surface area contributed by atoms with E-state index in [1.165, 1.54) is 0 Å². The second-order valence-corrected chi connectivity index (χ2v) is 9.58. The van der Waals surface area contributed by atoms with Gasteiger partial charge in [0.1, 0.15) is 5.75 Å². The molecule has 1 atom stereocenters. The van der Waals surface area contributed by atoms with E-state index in [0.717, 1.165) is 32.1 Å². The van der Waals surface area contributed by atoms with Crippen LogP contribution in [-0.4, -0.2) is 41.9 Å². The van der Waals surface area contributed by atoms with E-state index in [1.54, 1.807) is 35.6 Å². The maximum Gasteiger partial charge on any atom is 0.321 e. The summed E-state index contributed by atoms with van der Waals surface area (Å²) in [6, 6.07) is 22.1. The molecule has 3 heterocycles. The molecule has 0 spiro atoms. The molecule has 4 amide bonds. The summed E-state index contributed by atoms with van der Waals surface area (Å²) in [6.45, 7) is 0.666. The Hall–Kier alpha value is -4.50. The van der Waals surface area contributed by atoms with E-state index in [4.69, 9.17) is 4.74 Å². The summed E-state index contributed by atoms with van der Waals surface area (Å²) in [6.07, 6.45) is 2.10. The number of hydrogen-bond donors (Lipinski definition) is 2. The second kappa shape index (κ2) is 10.6. The summed E-state index contributed by atoms with van der Waals surface area (Å²) in [5, 5.41) is 4.93. The molecule has 0 radical (unpaired) electrons. The third-order valence-electron chi connectivity index (χ3n) is 6.22. The van der Waals surface area contributed by atoms with Crippen molar-refractivity contribution in [2.75, 3.05) is 13.7 Å². The molecule has 1 aliphatic rings. The number of hydrogen-bond acceptors (Lipinski definition) is 6. The molecule has 0 unspecified atom stereocenters. The van der Waals surface area contributed by atoms with Crippen molar-refractivity contribution in [3.63, 3.8) is 0 Å². The van der Waals surface area contributed by atoms with Gasteiger partial charge in [0.05, 0.1) is 23.7 Å². The highest BCUT2D eigenvalue weighted by atomic mass is 32.1. The van der Waals surface area contributed by atoms with Gasteiger partial charge in [-0.1, -0.05) is 36.4 Å². The molecule has 2 aromatic heterocycles. The minimum absolute atomic E-state index is 0.131. The minimum Gasteiger partial charge on any atom is -0.497 e. The molecule has 1 aliphatic heterocycles. The summed E-state index contributed by atoms with van der Waals surface area (Å²) < 4.78 is 5.26. The van der Waals surface area contributed by atoms with Crippen molar-refractivity contribution in [2.24, 2.45) is 0 Å². The third kappa shape index (κ3) is 5.22. The number of carbonyl (C=O) groups is 3. The Labute approximate surface area is 217 Å². The number of nitrogens with one attached hydrogen (secondary N) is 2. The summed E-state index contributed by atoms with van der Waals surface area (Å²) in [4.78, 5) is 44.4. The van der Waals surface area contributed by atoms with Crippen molar-refractivity contribution in [1.82, 2.24) is 20.5 Å². The molecule has 186 valence electrons. The van der Waals surface area contributed by atoms with Crippen LogP contribution in [-0.2, 0) is 11.3 Å². The number of nitrogens with zero attached hydrogens (tertiary/aromatic N) is 2. The van der Waals surface area contributed by atoms with E-state index in [2.05, 4.69) is 27.8 Å². The van der Waals surface area contributed by atoms with Crippen LogP contribution < -0.4 is 15.4 Å². The number of fused-ring (bicyclic) bond motifs is 1. The van der Waals surface area contributed by atoms with Crippen LogP contribution in [0.3, 0.4) is 0 Å². The Morgan fingerprint density at radius 2 is 1.92 bits per heavy atom. The molecule has 37 heavy (non-hydrogen) atoms. The van der Waals surface area contributed by atoms with Gasteiger partial charge in [0.15, 0.2) is 0 Å². The highest BCUT2D eigenvalue weighted by molar-refractivity contribution is 7.18. The SMILES string of the molecule is COc1ccc2c(c1)C(=O)N(C[C@H](NC(=O)NC=O)c1ccc(-c3ccc(-c4ccccn4)s3)cc1)C2. The number of benzene rings is 2. The fraction of sp³-hybridized carbons (Fsp3) is 0.143. The number of rotatable bonds is 8. The Morgan fingerprint density at radius 3 is 2.65 bits per heavy atom. The number of methoxy groups -OCH3 is 1. The van der Waals surface area contributed by atoms with Gasteiger partial charge in [-0.05, 0) is 53.1 Å². The molecule has 2 N–H and O–H groups in total. The lowest BCUT2D eigenvalue weighted by Gasteiger charge is -2.25. The van der Waals surface area contributed by atoms with Crippen molar-refractivity contribution in [3.05, 3.63) is 95.7 Å². The zero-order chi connectivity index (χ0) is 25.8. The molecule has 0 aliphatic carbocycles. The van der Waals surface area contributed by atoms with E-state index in [-0.39, 0.29) is 12.5 Å². The number of urea groups is 1. The zero-order valence-electron chi connectivity index (χ0n) is 20.0. The summed E-state index contributed by atoms with van der Waals surface area (Å²) in [7, 11) is 1.56. The van der Waals surface area contributed by atoms with E-state index in [9.17, 15) is 14.4 Å². The third-order valence-corrected chi connectivity index (χ3v) is 7.37. The quantitative estimate of drug-likeness (QED) is 0.335. The molecule has 9 heteroatoms. The van der Waals surface area contributed by atoms with E-state index < -0.39 is 12.1 Å². The van der Waals surface area contributed by atoms with Crippen molar-refractivity contribution < 1.29 is 19.1 Å². The highest BCUT2D eigenvalue weighted by Crippen LogP contribution is 2.34. The first kappa shape index (κ1) is 24.2. The molecule has 0 saturated heterocycles. The van der Waals surface area contributed by atoms with Gasteiger partial charge in [0.2, 0.25) is 6.41 Å². The van der Waals surface area contributed by atoms with Gasteiger partial charge < -0.3 is 15.0 Å². The minimum atomic E-state index is -0.631. The predicted octanol–water partition coefficient (Wildman–Crippen LogP) is 4.64. The number of ether oxygens (including phenoxy) is 1. The zero-order valence-corrected chi connectivity index (χ0v) is 20.8. The topological polar surface area (TPSA) is 101 Å². The van der Waals surface area contributed by atoms with E-state index in [0.29, 0.717) is 24.3 Å². The van der Waals surface area contributed by atoms with Gasteiger partial charge in [-0.3, -0.25) is 19.9 Å². The number of pyridine rings is 1. The fourth-order valence-corrected chi connectivity index (χ4v) is 5.33. The van der Waals surface area contributed by atoms with Gasteiger partial charge in [-0.25, -0.2) is 4.79 Å². The monoisotopic (exact) mass is 512 g/mol. The molecule has 0 fully saturated rings. The standard InChI is InChI=1S/C28H24N4O4S/c1-36-21-10-9-20-15-32(27(34)22(20)14-21)16-24(31-28(35)30-17-33)18-5-7-19(8-6-18)25-11-12-26(37-25)23-4-2-3-13-29-23/h2-14,17,24H,15-16H2,1H3,(H2,30,31,33,35)/t24-/m0/s1. The Bertz CT molecular complexity index is 1440. The van der Waals surface area contributed by atoms with Crippen molar-refractivity contribution >= 4 is 29.7 Å². The molecule has 2 aromatic carbocycles. The second-order valence-electron chi connectivity index (χ2n) is 8.50. The van der Waals surface area contributed by atoms with Gasteiger partial charge in [0, 0.05) is 29.7 Å². The average molecular weight is 513 g/mol. The molecule has 8 nitrogen and oxygen atoms in total. The van der Waals surface area contributed by atoms with Crippen LogP contribution in [0, 0.1) is 0 Å². The first-order chi connectivity index (χ1) is 18.1. The van der Waals surface area contributed by atoms with Gasteiger partial charge in [0.25, 0.3) is 5.91 Å². The largest absolute Gasteiger partial charge is 0.497 e. The number of aromatic nitrogens is 1. The van der Waals surface area contributed by atoms with Crippen molar-refractivity contribution in [1.29, 1.82) is 0 Å². The summed E-state index contributed by atoms with van der Waals surface area (Å²) in [5.41, 5.74) is 4.26. The predicted molar refractivity (Wildman–Crippen MR) is 141 cm³/mol. The Kier molecular flexibility index (Phi) is 6.96. The van der Waals surface area contributed by atoms with Crippen molar-refractivity contribution in [3.8, 4) is 26.8 Å². The maximum atomic E-state index is 13.1. The van der Waals surface area contributed by atoms with Gasteiger partial charge >= 0.3 is 6.03 Å². The van der Waals surface area contributed by atoms with Crippen LogP contribution in [0.1, 0.15) is 27.5 Å². The number of carbonyl (C=O) groups excluding carboxylic acids is 3.